The summed E-state index contributed by atoms with van der Waals surface area (Å²) in [5.74, 6) is 0.0594. The van der Waals surface area contributed by atoms with Crippen molar-refractivity contribution in [2.75, 3.05) is 20.1 Å². The van der Waals surface area contributed by atoms with E-state index in [2.05, 4.69) is 26.9 Å². The predicted octanol–water partition coefficient (Wildman–Crippen LogP) is 2.30. The third-order valence-electron chi connectivity index (χ3n) is 5.09. The molecule has 1 amide bonds. The number of nitrogens with zero attached hydrogens (tertiary/aromatic N) is 5. The first-order valence-corrected chi connectivity index (χ1v) is 9.35. The van der Waals surface area contributed by atoms with Crippen molar-refractivity contribution in [3.8, 4) is 10.7 Å². The SMILES string of the molecule is CN1CCC[C@@H]1[C@H]1CCCN1C(=O)c1csc(-c2cnccn2)n1. The van der Waals surface area contributed by atoms with Gasteiger partial charge < -0.3 is 9.80 Å². The van der Waals surface area contributed by atoms with E-state index in [0.29, 0.717) is 17.8 Å². The summed E-state index contributed by atoms with van der Waals surface area (Å²) in [6.45, 7) is 1.97. The number of likely N-dealkylation sites (tertiary alicyclic amines) is 2. The Morgan fingerprint density at radius 3 is 2.79 bits per heavy atom. The van der Waals surface area contributed by atoms with Crippen molar-refractivity contribution in [3.05, 3.63) is 29.7 Å². The highest BCUT2D eigenvalue weighted by molar-refractivity contribution is 7.13. The van der Waals surface area contributed by atoms with Gasteiger partial charge in [0.15, 0.2) is 0 Å². The van der Waals surface area contributed by atoms with Crippen LogP contribution in [-0.2, 0) is 0 Å². The predicted molar refractivity (Wildman–Crippen MR) is 92.9 cm³/mol. The average Bonchev–Trinajstić information content (AvgIpc) is 3.35. The van der Waals surface area contributed by atoms with Gasteiger partial charge in [-0.15, -0.1) is 11.3 Å². The van der Waals surface area contributed by atoms with E-state index in [1.165, 1.54) is 24.2 Å². The highest BCUT2D eigenvalue weighted by Crippen LogP contribution is 2.31. The van der Waals surface area contributed by atoms with Gasteiger partial charge in [0.1, 0.15) is 16.4 Å². The molecule has 2 atom stereocenters. The van der Waals surface area contributed by atoms with Gasteiger partial charge in [-0.25, -0.2) is 4.98 Å². The molecule has 4 rings (SSSR count). The molecule has 0 aliphatic carbocycles. The topological polar surface area (TPSA) is 62.2 Å². The number of carbonyl (C=O) groups excluding carboxylic acids is 1. The summed E-state index contributed by atoms with van der Waals surface area (Å²) in [4.78, 5) is 30.3. The molecule has 0 N–H and O–H groups in total. The van der Waals surface area contributed by atoms with Gasteiger partial charge in [0, 0.05) is 36.4 Å². The molecule has 0 radical (unpaired) electrons. The second-order valence-corrected chi connectivity index (χ2v) is 7.38. The summed E-state index contributed by atoms with van der Waals surface area (Å²) in [6, 6.07) is 0.821. The fraction of sp³-hybridized carbons (Fsp3) is 0.529. The number of hydrogen-bond donors (Lipinski definition) is 0. The molecule has 0 saturated carbocycles. The van der Waals surface area contributed by atoms with Crippen LogP contribution in [0, 0.1) is 0 Å². The highest BCUT2D eigenvalue weighted by atomic mass is 32.1. The molecule has 0 bridgehead atoms. The molecule has 4 heterocycles. The van der Waals surface area contributed by atoms with Gasteiger partial charge in [-0.3, -0.25) is 14.8 Å². The van der Waals surface area contributed by atoms with Crippen LogP contribution in [0.5, 0.6) is 0 Å². The van der Waals surface area contributed by atoms with Crippen molar-refractivity contribution in [1.29, 1.82) is 0 Å². The van der Waals surface area contributed by atoms with Crippen molar-refractivity contribution in [2.45, 2.75) is 37.8 Å². The summed E-state index contributed by atoms with van der Waals surface area (Å²) in [6.07, 6.45) is 9.56. The summed E-state index contributed by atoms with van der Waals surface area (Å²) >= 11 is 1.45. The van der Waals surface area contributed by atoms with Crippen molar-refractivity contribution in [1.82, 2.24) is 24.8 Å². The first kappa shape index (κ1) is 15.7. The van der Waals surface area contributed by atoms with E-state index < -0.39 is 0 Å². The van der Waals surface area contributed by atoms with Gasteiger partial charge >= 0.3 is 0 Å². The summed E-state index contributed by atoms with van der Waals surface area (Å²) in [7, 11) is 2.17. The number of likely N-dealkylation sites (N-methyl/N-ethyl adjacent to an activating group) is 1. The molecule has 0 spiro atoms. The van der Waals surface area contributed by atoms with Crippen LogP contribution in [-0.4, -0.2) is 62.9 Å². The van der Waals surface area contributed by atoms with E-state index in [4.69, 9.17) is 0 Å². The maximum atomic E-state index is 13.0. The summed E-state index contributed by atoms with van der Waals surface area (Å²) in [5.41, 5.74) is 1.25. The zero-order chi connectivity index (χ0) is 16.5. The summed E-state index contributed by atoms with van der Waals surface area (Å²) < 4.78 is 0. The smallest absolute Gasteiger partial charge is 0.273 e. The Balaban J connectivity index is 1.54. The number of aromatic nitrogens is 3. The molecule has 24 heavy (non-hydrogen) atoms. The van der Waals surface area contributed by atoms with E-state index >= 15 is 0 Å². The lowest BCUT2D eigenvalue weighted by Crippen LogP contribution is -2.47. The monoisotopic (exact) mass is 343 g/mol. The molecule has 7 heteroatoms. The Morgan fingerprint density at radius 2 is 2.04 bits per heavy atom. The second kappa shape index (κ2) is 6.57. The zero-order valence-electron chi connectivity index (χ0n) is 13.8. The van der Waals surface area contributed by atoms with Crippen LogP contribution >= 0.6 is 11.3 Å². The second-order valence-electron chi connectivity index (χ2n) is 6.53. The van der Waals surface area contributed by atoms with E-state index in [-0.39, 0.29) is 5.91 Å². The maximum absolute atomic E-state index is 13.0. The molecule has 6 nitrogen and oxygen atoms in total. The van der Waals surface area contributed by atoms with Crippen molar-refractivity contribution >= 4 is 17.2 Å². The van der Waals surface area contributed by atoms with Crippen LogP contribution < -0.4 is 0 Å². The quantitative estimate of drug-likeness (QED) is 0.856. The fourth-order valence-electron chi connectivity index (χ4n) is 3.91. The number of carbonyl (C=O) groups is 1. The van der Waals surface area contributed by atoms with Gasteiger partial charge in [0.25, 0.3) is 5.91 Å². The fourth-order valence-corrected chi connectivity index (χ4v) is 4.67. The Bertz CT molecular complexity index is 719. The molecule has 2 aliphatic heterocycles. The van der Waals surface area contributed by atoms with Gasteiger partial charge in [-0.2, -0.15) is 0 Å². The number of rotatable bonds is 3. The van der Waals surface area contributed by atoms with E-state index in [1.807, 2.05) is 10.3 Å². The molecule has 0 unspecified atom stereocenters. The normalized spacial score (nSPS) is 24.6. The first-order chi connectivity index (χ1) is 11.7. The minimum Gasteiger partial charge on any atom is -0.333 e. The number of hydrogen-bond acceptors (Lipinski definition) is 6. The lowest BCUT2D eigenvalue weighted by atomic mass is 10.0. The summed E-state index contributed by atoms with van der Waals surface area (Å²) in [5, 5.41) is 2.60. The Kier molecular flexibility index (Phi) is 4.28. The molecule has 2 aliphatic rings. The van der Waals surface area contributed by atoms with Crippen molar-refractivity contribution in [3.63, 3.8) is 0 Å². The van der Waals surface area contributed by atoms with Crippen LogP contribution in [0.25, 0.3) is 10.7 Å². The molecule has 2 aromatic rings. The van der Waals surface area contributed by atoms with Crippen LogP contribution in [0.1, 0.15) is 36.2 Å². The Morgan fingerprint density at radius 1 is 1.21 bits per heavy atom. The molecule has 2 fully saturated rings. The zero-order valence-corrected chi connectivity index (χ0v) is 14.6. The molecular formula is C17H21N5OS. The van der Waals surface area contributed by atoms with E-state index in [0.717, 1.165) is 36.6 Å². The average molecular weight is 343 g/mol. The number of amides is 1. The lowest BCUT2D eigenvalue weighted by Gasteiger charge is -2.32. The standard InChI is InChI=1S/C17H21N5OS/c1-21-8-2-4-14(21)15-5-3-9-22(15)17(23)13-11-24-16(20-13)12-10-18-6-7-19-12/h6-7,10-11,14-15H,2-5,8-9H2,1H3/t14-,15-/m1/s1. The van der Waals surface area contributed by atoms with Crippen molar-refractivity contribution < 1.29 is 4.79 Å². The third kappa shape index (κ3) is 2.82. The van der Waals surface area contributed by atoms with E-state index in [9.17, 15) is 4.79 Å². The Labute approximate surface area is 145 Å². The minimum atomic E-state index is 0.0594. The van der Waals surface area contributed by atoms with Crippen molar-refractivity contribution in [2.24, 2.45) is 0 Å². The molecule has 2 aromatic heterocycles. The molecule has 2 saturated heterocycles. The van der Waals surface area contributed by atoms with E-state index in [1.54, 1.807) is 18.6 Å². The molecular weight excluding hydrogens is 322 g/mol. The van der Waals surface area contributed by atoms with Crippen LogP contribution in [0.3, 0.4) is 0 Å². The van der Waals surface area contributed by atoms with Crippen LogP contribution in [0.15, 0.2) is 24.0 Å². The van der Waals surface area contributed by atoms with Crippen LogP contribution in [0.2, 0.25) is 0 Å². The van der Waals surface area contributed by atoms with Crippen LogP contribution in [0.4, 0.5) is 0 Å². The molecule has 126 valence electrons. The van der Waals surface area contributed by atoms with Gasteiger partial charge in [-0.05, 0) is 39.3 Å². The third-order valence-corrected chi connectivity index (χ3v) is 5.95. The lowest BCUT2D eigenvalue weighted by molar-refractivity contribution is 0.0659. The largest absolute Gasteiger partial charge is 0.333 e. The maximum Gasteiger partial charge on any atom is 0.273 e. The van der Waals surface area contributed by atoms with Gasteiger partial charge in [-0.1, -0.05) is 0 Å². The Hall–Kier alpha value is -1.86. The minimum absolute atomic E-state index is 0.0594. The highest BCUT2D eigenvalue weighted by Gasteiger charge is 2.39. The number of thiazole rings is 1. The first-order valence-electron chi connectivity index (χ1n) is 8.47. The molecule has 0 aromatic carbocycles. The van der Waals surface area contributed by atoms with Gasteiger partial charge in [0.2, 0.25) is 0 Å². The van der Waals surface area contributed by atoms with Gasteiger partial charge in [0.05, 0.1) is 6.20 Å².